The van der Waals surface area contributed by atoms with Crippen LogP contribution in [-0.4, -0.2) is 59.4 Å². The molecule has 1 fully saturated rings. The Morgan fingerprint density at radius 1 is 0.576 bits per heavy atom. The molecule has 1 aliphatic heterocycles. The number of fused-ring (bicyclic) bond motifs is 2. The quantitative estimate of drug-likeness (QED) is 0.0919. The lowest BCUT2D eigenvalue weighted by atomic mass is 9.79. The molecule has 4 aromatic carbocycles. The van der Waals surface area contributed by atoms with E-state index >= 15 is 0 Å². The van der Waals surface area contributed by atoms with Crippen molar-refractivity contribution in [1.29, 1.82) is 0 Å². The van der Waals surface area contributed by atoms with E-state index in [-0.39, 0.29) is 23.2 Å². The van der Waals surface area contributed by atoms with E-state index in [4.69, 9.17) is 9.31 Å². The minimum Gasteiger partial charge on any atom is -0.399 e. The number of nitrogens with zero attached hydrogens (tertiary/aromatic N) is 6. The van der Waals surface area contributed by atoms with Gasteiger partial charge in [-0.3, -0.25) is 9.59 Å². The molecule has 18 heteroatoms. The summed E-state index contributed by atoms with van der Waals surface area (Å²) < 4.78 is 93.9. The van der Waals surface area contributed by atoms with E-state index in [0.717, 1.165) is 49.5 Å². The summed E-state index contributed by atoms with van der Waals surface area (Å²) in [6.45, 7) is 10.9. The van der Waals surface area contributed by atoms with Gasteiger partial charge in [0.15, 0.2) is 23.2 Å². The number of rotatable bonds is 6. The number of carbonyl (C=O) groups excluding carboxylic acids is 2. The molecule has 0 atom stereocenters. The van der Waals surface area contributed by atoms with Gasteiger partial charge in [0.25, 0.3) is 0 Å². The van der Waals surface area contributed by atoms with Crippen molar-refractivity contribution in [2.45, 2.75) is 65.1 Å². The number of pyridine rings is 2. The lowest BCUT2D eigenvalue weighted by Crippen LogP contribution is -2.41. The minimum absolute atomic E-state index is 0.0406. The minimum atomic E-state index is -4.53. The van der Waals surface area contributed by atoms with Crippen molar-refractivity contribution >= 4 is 61.9 Å². The van der Waals surface area contributed by atoms with E-state index in [0.29, 0.717) is 16.6 Å². The molecule has 0 spiro atoms. The summed E-state index contributed by atoms with van der Waals surface area (Å²) in [6.07, 6.45) is -5.89. The van der Waals surface area contributed by atoms with Crippen LogP contribution in [0.25, 0.3) is 44.6 Å². The van der Waals surface area contributed by atoms with Crippen molar-refractivity contribution in [2.75, 3.05) is 0 Å². The van der Waals surface area contributed by atoms with Crippen LogP contribution in [-0.2, 0) is 21.7 Å². The number of ketones is 2. The van der Waals surface area contributed by atoms with Gasteiger partial charge in [0, 0.05) is 26.4 Å². The van der Waals surface area contributed by atoms with E-state index in [1.54, 1.807) is 43.6 Å². The van der Waals surface area contributed by atoms with Crippen LogP contribution in [0, 0.1) is 0 Å². The molecule has 1 aliphatic rings. The van der Waals surface area contributed by atoms with E-state index in [9.17, 15) is 35.9 Å². The molecule has 5 heterocycles. The number of aromatic nitrogens is 6. The Morgan fingerprint density at radius 2 is 1.03 bits per heavy atom. The predicted octanol–water partition coefficient (Wildman–Crippen LogP) is 11.7. The Balaban J connectivity index is 0.000000163. The number of hydrogen-bond acceptors (Lipinski definition) is 8. The van der Waals surface area contributed by atoms with E-state index in [1.165, 1.54) is 40.6 Å². The maximum Gasteiger partial charge on any atom is 0.494 e. The number of halogens is 7. The zero-order chi connectivity index (χ0) is 47.8. The number of hydrogen-bond donors (Lipinski definition) is 0. The number of carbonyl (C=O) groups is 2. The number of Topliss-reactive ketones (excluding diaryl/α,β-unsaturated/α-hetero) is 2. The second kappa shape index (κ2) is 18.4. The fourth-order valence-corrected chi connectivity index (χ4v) is 7.15. The first kappa shape index (κ1) is 47.5. The van der Waals surface area contributed by atoms with Gasteiger partial charge in [-0.1, -0.05) is 82.7 Å². The topological polar surface area (TPSA) is 114 Å². The summed E-state index contributed by atoms with van der Waals surface area (Å²) in [6, 6.07) is 33.0. The van der Waals surface area contributed by atoms with Gasteiger partial charge in [0.1, 0.15) is 11.4 Å². The van der Waals surface area contributed by atoms with Gasteiger partial charge in [-0.05, 0) is 113 Å². The standard InChI is InChI=1S/C21H14F3N3O.C19H19BF3N3O2.C8H7BrO/c1-13(28)14-4-2-5-15(10-14)16-8-9-17-12-25-27(18(17)11-16)20-7-3-6-19(26-20)21(22,23)24;1-17(2)18(3,4)28-20(27-17)13-9-8-12-11-24-26(14(12)10-13)16-7-5-6-15(25-16)19(21,22)23;1-6(10)7-3-2-4-8(9)5-7/h2-12H,1H3;5-11H,1-4H3;2-5H,1H3. The zero-order valence-corrected chi connectivity index (χ0v) is 37.8. The lowest BCUT2D eigenvalue weighted by Gasteiger charge is -2.32. The largest absolute Gasteiger partial charge is 0.494 e. The summed E-state index contributed by atoms with van der Waals surface area (Å²) in [5, 5.41) is 9.97. The first-order valence-corrected chi connectivity index (χ1v) is 21.1. The van der Waals surface area contributed by atoms with Gasteiger partial charge >= 0.3 is 19.5 Å². The summed E-state index contributed by atoms with van der Waals surface area (Å²) in [4.78, 5) is 29.8. The fourth-order valence-electron chi connectivity index (χ4n) is 6.75. The van der Waals surface area contributed by atoms with E-state index in [2.05, 4.69) is 36.1 Å². The molecule has 338 valence electrons. The Bertz CT molecular complexity index is 3080. The normalized spacial score (nSPS) is 14.3. The summed E-state index contributed by atoms with van der Waals surface area (Å²) in [5.74, 6) is 0.234. The molecule has 1 saturated heterocycles. The molecule has 0 aliphatic carbocycles. The molecule has 0 amide bonds. The Labute approximate surface area is 383 Å². The Morgan fingerprint density at radius 3 is 1.52 bits per heavy atom. The highest BCUT2D eigenvalue weighted by Gasteiger charge is 2.51. The highest BCUT2D eigenvalue weighted by Crippen LogP contribution is 2.37. The molecule has 4 aromatic heterocycles. The van der Waals surface area contributed by atoms with Gasteiger partial charge < -0.3 is 9.31 Å². The molecular weight excluding hydrogens is 929 g/mol. The molecule has 66 heavy (non-hydrogen) atoms. The highest BCUT2D eigenvalue weighted by molar-refractivity contribution is 9.10. The van der Waals surface area contributed by atoms with Crippen molar-refractivity contribution in [3.8, 4) is 22.8 Å². The third-order valence-electron chi connectivity index (χ3n) is 11.0. The molecule has 0 unspecified atom stereocenters. The third kappa shape index (κ3) is 10.5. The van der Waals surface area contributed by atoms with Crippen LogP contribution in [0.3, 0.4) is 0 Å². The molecule has 0 saturated carbocycles. The SMILES string of the molecule is CC(=O)c1cccc(-c2ccc3cnn(-c4cccc(C(F)(F)F)n4)c3c2)c1.CC(=O)c1cccc(Br)c1.CC1(C)OB(c2ccc3cnn(-c4cccc(C(F)(F)F)n4)c3c2)OC1(C)C. The van der Waals surface area contributed by atoms with Gasteiger partial charge in [-0.2, -0.15) is 36.5 Å². The van der Waals surface area contributed by atoms with Crippen LogP contribution in [0.4, 0.5) is 26.3 Å². The summed E-state index contributed by atoms with van der Waals surface area (Å²) >= 11 is 3.28. The maximum absolute atomic E-state index is 13.0. The number of benzene rings is 4. The van der Waals surface area contributed by atoms with Crippen LogP contribution in [0.1, 0.15) is 73.6 Å². The number of alkyl halides is 6. The molecule has 8 aromatic rings. The average molecular weight is 970 g/mol. The molecule has 0 N–H and O–H groups in total. The lowest BCUT2D eigenvalue weighted by molar-refractivity contribution is -0.141. The van der Waals surface area contributed by atoms with Gasteiger partial charge in [0.2, 0.25) is 0 Å². The average Bonchev–Trinajstić information content (AvgIpc) is 3.96. The molecule has 0 radical (unpaired) electrons. The van der Waals surface area contributed by atoms with Crippen molar-refractivity contribution in [3.63, 3.8) is 0 Å². The highest BCUT2D eigenvalue weighted by atomic mass is 79.9. The van der Waals surface area contributed by atoms with Gasteiger partial charge in [-0.25, -0.2) is 19.3 Å². The fraction of sp³-hybridized carbons (Fsp3) is 0.208. The van der Waals surface area contributed by atoms with Crippen LogP contribution < -0.4 is 5.46 Å². The Hall–Kier alpha value is -6.50. The van der Waals surface area contributed by atoms with Crippen LogP contribution in [0.2, 0.25) is 0 Å². The van der Waals surface area contributed by atoms with E-state index < -0.39 is 42.1 Å². The second-order valence-electron chi connectivity index (χ2n) is 16.3. The molecule has 9 rings (SSSR count). The molecular formula is C48H40BBrF6N6O4. The predicted molar refractivity (Wildman–Crippen MR) is 243 cm³/mol. The van der Waals surface area contributed by atoms with Crippen molar-refractivity contribution in [3.05, 3.63) is 161 Å². The maximum atomic E-state index is 13.0. The van der Waals surface area contributed by atoms with Crippen LogP contribution in [0.15, 0.2) is 138 Å². The second-order valence-corrected chi connectivity index (χ2v) is 17.2. The summed E-state index contributed by atoms with van der Waals surface area (Å²) in [7, 11) is -0.577. The molecule has 10 nitrogen and oxygen atoms in total. The monoisotopic (exact) mass is 968 g/mol. The van der Waals surface area contributed by atoms with Crippen LogP contribution >= 0.6 is 15.9 Å². The summed E-state index contributed by atoms with van der Waals surface area (Å²) in [5.41, 5.74) is 2.08. The van der Waals surface area contributed by atoms with Gasteiger partial charge in [-0.15, -0.1) is 0 Å². The molecule has 0 bridgehead atoms. The van der Waals surface area contributed by atoms with E-state index in [1.807, 2.05) is 88.4 Å². The smallest absolute Gasteiger partial charge is 0.399 e. The Kier molecular flexibility index (Phi) is 13.2. The van der Waals surface area contributed by atoms with Crippen molar-refractivity contribution < 1.29 is 45.2 Å². The van der Waals surface area contributed by atoms with Gasteiger partial charge in [0.05, 0.1) is 34.6 Å². The van der Waals surface area contributed by atoms with Crippen LogP contribution in [0.5, 0.6) is 0 Å². The van der Waals surface area contributed by atoms with Crippen molar-refractivity contribution in [2.24, 2.45) is 0 Å². The zero-order valence-electron chi connectivity index (χ0n) is 36.2. The first-order chi connectivity index (χ1) is 31.0. The third-order valence-corrected chi connectivity index (χ3v) is 11.5. The van der Waals surface area contributed by atoms with Crippen molar-refractivity contribution in [1.82, 2.24) is 29.5 Å². The first-order valence-electron chi connectivity index (χ1n) is 20.3.